The van der Waals surface area contributed by atoms with E-state index in [4.69, 9.17) is 0 Å². The molecule has 0 spiro atoms. The fourth-order valence-corrected chi connectivity index (χ4v) is 4.15. The zero-order valence-electron chi connectivity index (χ0n) is 13.1. The molecule has 0 aromatic carbocycles. The van der Waals surface area contributed by atoms with Crippen LogP contribution in [0, 0.1) is 0 Å². The summed E-state index contributed by atoms with van der Waals surface area (Å²) in [5.74, 6) is 0. The summed E-state index contributed by atoms with van der Waals surface area (Å²) in [5.41, 5.74) is 0. The summed E-state index contributed by atoms with van der Waals surface area (Å²) in [5, 5.41) is 5.83. The number of rotatable bonds is 12. The number of likely N-dealkylation sites (N-methyl/N-ethyl adjacent to an activating group) is 1. The van der Waals surface area contributed by atoms with Crippen LogP contribution >= 0.6 is 27.3 Å². The lowest BCUT2D eigenvalue weighted by Crippen LogP contribution is -2.30. The van der Waals surface area contributed by atoms with Crippen LogP contribution in [0.3, 0.4) is 0 Å². The van der Waals surface area contributed by atoms with Gasteiger partial charge in [-0.1, -0.05) is 58.8 Å². The molecule has 0 saturated carbocycles. The second-order valence-corrected chi connectivity index (χ2v) is 7.51. The Morgan fingerprint density at radius 3 is 2.40 bits per heavy atom. The SMILES string of the molecule is CCCCCCCCCC(Cc1cc(Br)cs1)NCC. The predicted octanol–water partition coefficient (Wildman–Crippen LogP) is 6.17. The van der Waals surface area contributed by atoms with Crippen LogP contribution in [-0.2, 0) is 6.42 Å². The number of hydrogen-bond donors (Lipinski definition) is 1. The second-order valence-electron chi connectivity index (χ2n) is 5.60. The lowest BCUT2D eigenvalue weighted by molar-refractivity contribution is 0.461. The van der Waals surface area contributed by atoms with Gasteiger partial charge in [-0.2, -0.15) is 0 Å². The minimum absolute atomic E-state index is 0.654. The van der Waals surface area contributed by atoms with Crippen molar-refractivity contribution in [2.75, 3.05) is 6.54 Å². The third-order valence-corrected chi connectivity index (χ3v) is 5.44. The third kappa shape index (κ3) is 8.43. The first-order valence-corrected chi connectivity index (χ1v) is 9.89. The molecule has 0 aliphatic carbocycles. The van der Waals surface area contributed by atoms with Crippen molar-refractivity contribution in [3.63, 3.8) is 0 Å². The molecule has 0 amide bonds. The molecule has 3 heteroatoms. The van der Waals surface area contributed by atoms with E-state index in [1.165, 1.54) is 67.1 Å². The fraction of sp³-hybridized carbons (Fsp3) is 0.765. The Labute approximate surface area is 137 Å². The maximum atomic E-state index is 3.64. The molecule has 1 atom stereocenters. The van der Waals surface area contributed by atoms with E-state index in [9.17, 15) is 0 Å². The largest absolute Gasteiger partial charge is 0.314 e. The Bertz CT molecular complexity index is 337. The van der Waals surface area contributed by atoms with E-state index in [1.54, 1.807) is 0 Å². The van der Waals surface area contributed by atoms with E-state index >= 15 is 0 Å². The first-order valence-electron chi connectivity index (χ1n) is 8.22. The minimum Gasteiger partial charge on any atom is -0.314 e. The van der Waals surface area contributed by atoms with Crippen LogP contribution in [-0.4, -0.2) is 12.6 Å². The molecule has 0 radical (unpaired) electrons. The van der Waals surface area contributed by atoms with Crippen molar-refractivity contribution in [3.8, 4) is 0 Å². The molecule has 1 heterocycles. The molecule has 1 unspecified atom stereocenters. The van der Waals surface area contributed by atoms with Gasteiger partial charge in [0.25, 0.3) is 0 Å². The molecule has 1 rings (SSSR count). The van der Waals surface area contributed by atoms with Gasteiger partial charge in [-0.05, 0) is 41.4 Å². The van der Waals surface area contributed by atoms with Crippen LogP contribution in [0.25, 0.3) is 0 Å². The Kier molecular flexibility index (Phi) is 10.7. The lowest BCUT2D eigenvalue weighted by atomic mass is 10.0. The highest BCUT2D eigenvalue weighted by Crippen LogP contribution is 2.22. The van der Waals surface area contributed by atoms with Crippen LogP contribution in [0.5, 0.6) is 0 Å². The average molecular weight is 360 g/mol. The number of halogens is 1. The number of thiophene rings is 1. The summed E-state index contributed by atoms with van der Waals surface area (Å²) in [6, 6.07) is 2.92. The molecule has 0 fully saturated rings. The van der Waals surface area contributed by atoms with Crippen LogP contribution in [0.4, 0.5) is 0 Å². The molecular formula is C17H30BrNS. The van der Waals surface area contributed by atoms with E-state index in [1.807, 2.05) is 11.3 Å². The normalized spacial score (nSPS) is 12.8. The number of hydrogen-bond acceptors (Lipinski definition) is 2. The van der Waals surface area contributed by atoms with E-state index in [2.05, 4.69) is 46.5 Å². The van der Waals surface area contributed by atoms with Gasteiger partial charge in [0.05, 0.1) is 0 Å². The maximum Gasteiger partial charge on any atom is 0.0285 e. The average Bonchev–Trinajstić information content (AvgIpc) is 2.83. The van der Waals surface area contributed by atoms with Crippen LogP contribution in [0.15, 0.2) is 15.9 Å². The summed E-state index contributed by atoms with van der Waals surface area (Å²) in [6.45, 7) is 5.57. The molecule has 1 nitrogen and oxygen atoms in total. The molecule has 1 aromatic heterocycles. The van der Waals surface area contributed by atoms with E-state index in [0.717, 1.165) is 6.54 Å². The molecule has 0 saturated heterocycles. The topological polar surface area (TPSA) is 12.0 Å². The highest BCUT2D eigenvalue weighted by molar-refractivity contribution is 9.10. The smallest absolute Gasteiger partial charge is 0.0285 e. The van der Waals surface area contributed by atoms with Gasteiger partial charge < -0.3 is 5.32 Å². The summed E-state index contributed by atoms with van der Waals surface area (Å²) < 4.78 is 1.23. The van der Waals surface area contributed by atoms with Gasteiger partial charge in [-0.3, -0.25) is 0 Å². The molecule has 116 valence electrons. The zero-order chi connectivity index (χ0) is 14.6. The van der Waals surface area contributed by atoms with Crippen molar-refractivity contribution >= 4 is 27.3 Å². The van der Waals surface area contributed by atoms with E-state index in [0.29, 0.717) is 6.04 Å². The molecule has 1 N–H and O–H groups in total. The molecular weight excluding hydrogens is 330 g/mol. The van der Waals surface area contributed by atoms with Gasteiger partial charge in [0.2, 0.25) is 0 Å². The quantitative estimate of drug-likeness (QED) is 0.439. The van der Waals surface area contributed by atoms with Gasteiger partial charge in [-0.15, -0.1) is 11.3 Å². The van der Waals surface area contributed by atoms with Crippen molar-refractivity contribution < 1.29 is 0 Å². The lowest BCUT2D eigenvalue weighted by Gasteiger charge is -2.17. The summed E-state index contributed by atoms with van der Waals surface area (Å²) >= 11 is 5.41. The number of unbranched alkanes of at least 4 members (excludes halogenated alkanes) is 6. The highest BCUT2D eigenvalue weighted by Gasteiger charge is 2.09. The highest BCUT2D eigenvalue weighted by atomic mass is 79.9. The van der Waals surface area contributed by atoms with Crippen molar-refractivity contribution in [2.24, 2.45) is 0 Å². The van der Waals surface area contributed by atoms with Crippen molar-refractivity contribution in [1.82, 2.24) is 5.32 Å². The molecule has 20 heavy (non-hydrogen) atoms. The Morgan fingerprint density at radius 2 is 1.80 bits per heavy atom. The van der Waals surface area contributed by atoms with Gasteiger partial charge in [-0.25, -0.2) is 0 Å². The summed E-state index contributed by atoms with van der Waals surface area (Å²) in [7, 11) is 0. The van der Waals surface area contributed by atoms with Crippen molar-refractivity contribution in [3.05, 3.63) is 20.8 Å². The van der Waals surface area contributed by atoms with Gasteiger partial charge in [0.1, 0.15) is 0 Å². The standard InChI is InChI=1S/C17H30BrNS/c1-3-5-6-7-8-9-10-11-16(19-4-2)13-17-12-15(18)14-20-17/h12,14,16,19H,3-11,13H2,1-2H3. The summed E-state index contributed by atoms with van der Waals surface area (Å²) in [4.78, 5) is 1.49. The third-order valence-electron chi connectivity index (χ3n) is 3.72. The van der Waals surface area contributed by atoms with Crippen molar-refractivity contribution in [1.29, 1.82) is 0 Å². The molecule has 1 aromatic rings. The first kappa shape index (κ1) is 18.2. The van der Waals surface area contributed by atoms with Crippen LogP contribution in [0.1, 0.15) is 70.1 Å². The predicted molar refractivity (Wildman–Crippen MR) is 95.8 cm³/mol. The Hall–Kier alpha value is 0.140. The Morgan fingerprint density at radius 1 is 1.10 bits per heavy atom. The zero-order valence-corrected chi connectivity index (χ0v) is 15.5. The van der Waals surface area contributed by atoms with Crippen LogP contribution < -0.4 is 5.32 Å². The maximum absolute atomic E-state index is 3.64. The monoisotopic (exact) mass is 359 g/mol. The van der Waals surface area contributed by atoms with E-state index in [-0.39, 0.29) is 0 Å². The first-order chi connectivity index (χ1) is 9.76. The second kappa shape index (κ2) is 11.8. The summed E-state index contributed by atoms with van der Waals surface area (Å²) in [6.07, 6.45) is 12.3. The van der Waals surface area contributed by atoms with E-state index < -0.39 is 0 Å². The molecule has 0 aliphatic rings. The fourth-order valence-electron chi connectivity index (χ4n) is 2.62. The van der Waals surface area contributed by atoms with Gasteiger partial charge >= 0.3 is 0 Å². The number of nitrogens with one attached hydrogen (secondary N) is 1. The molecule has 0 bridgehead atoms. The van der Waals surface area contributed by atoms with Crippen molar-refractivity contribution in [2.45, 2.75) is 77.7 Å². The minimum atomic E-state index is 0.654. The van der Waals surface area contributed by atoms with Gasteiger partial charge in [0, 0.05) is 20.8 Å². The molecule has 0 aliphatic heterocycles. The Balaban J connectivity index is 2.15. The van der Waals surface area contributed by atoms with Crippen LogP contribution in [0.2, 0.25) is 0 Å². The van der Waals surface area contributed by atoms with Gasteiger partial charge in [0.15, 0.2) is 0 Å².